The summed E-state index contributed by atoms with van der Waals surface area (Å²) in [6, 6.07) is 9.44. The number of carbonyl (C=O) groups excluding carboxylic acids is 2. The number of nitrogens with one attached hydrogen (secondary N) is 1. The maximum Gasteiger partial charge on any atom is 0.217 e. The van der Waals surface area contributed by atoms with Gasteiger partial charge in [-0.3, -0.25) is 14.6 Å². The zero-order valence-electron chi connectivity index (χ0n) is 13.8. The second-order valence-electron chi connectivity index (χ2n) is 6.33. The van der Waals surface area contributed by atoms with Crippen molar-refractivity contribution in [1.82, 2.24) is 10.3 Å². The standard InChI is InChI=1S/C19H18Cl2N2O2/c1-11(24)22-10-14(25)7-13-8-16(13)12-5-6-18(23-9-12)15-3-2-4-17(20)19(15)21/h2-6,9,13,16H,7-8,10H2,1H3,(H,22,24)/t13?,16-/m0/s1. The molecule has 25 heavy (non-hydrogen) atoms. The zero-order chi connectivity index (χ0) is 18.0. The number of aromatic nitrogens is 1. The number of pyridine rings is 1. The van der Waals surface area contributed by atoms with Crippen molar-refractivity contribution in [3.8, 4) is 11.3 Å². The van der Waals surface area contributed by atoms with Crippen LogP contribution in [0.4, 0.5) is 0 Å². The first kappa shape index (κ1) is 17.9. The third kappa shape index (κ3) is 4.39. The predicted octanol–water partition coefficient (Wildman–Crippen LogP) is 4.25. The molecule has 1 aromatic carbocycles. The highest BCUT2D eigenvalue weighted by Gasteiger charge is 2.39. The molecule has 1 heterocycles. The molecule has 1 aromatic heterocycles. The minimum Gasteiger partial charge on any atom is -0.349 e. The summed E-state index contributed by atoms with van der Waals surface area (Å²) in [4.78, 5) is 27.2. The van der Waals surface area contributed by atoms with E-state index in [1.54, 1.807) is 6.07 Å². The van der Waals surface area contributed by atoms with Crippen LogP contribution in [-0.2, 0) is 9.59 Å². The minimum atomic E-state index is -0.180. The van der Waals surface area contributed by atoms with Crippen LogP contribution in [0.2, 0.25) is 10.0 Å². The fourth-order valence-electron chi connectivity index (χ4n) is 2.95. The molecule has 4 nitrogen and oxygen atoms in total. The molecule has 0 aliphatic heterocycles. The molecular formula is C19H18Cl2N2O2. The van der Waals surface area contributed by atoms with Crippen LogP contribution in [0.5, 0.6) is 0 Å². The number of nitrogens with zero attached hydrogens (tertiary/aromatic N) is 1. The van der Waals surface area contributed by atoms with Crippen molar-refractivity contribution in [2.45, 2.75) is 25.7 Å². The summed E-state index contributed by atoms with van der Waals surface area (Å²) in [5, 5.41) is 3.55. The third-order valence-corrected chi connectivity index (χ3v) is 5.21. The van der Waals surface area contributed by atoms with Gasteiger partial charge in [-0.1, -0.05) is 41.4 Å². The Balaban J connectivity index is 1.61. The second-order valence-corrected chi connectivity index (χ2v) is 7.12. The first-order valence-electron chi connectivity index (χ1n) is 8.12. The number of ketones is 1. The van der Waals surface area contributed by atoms with E-state index in [4.69, 9.17) is 23.2 Å². The van der Waals surface area contributed by atoms with E-state index in [1.165, 1.54) is 6.92 Å². The topological polar surface area (TPSA) is 59.1 Å². The Hall–Kier alpha value is -1.91. The van der Waals surface area contributed by atoms with Crippen LogP contribution in [0, 0.1) is 5.92 Å². The average Bonchev–Trinajstić information content (AvgIpc) is 3.35. The summed E-state index contributed by atoms with van der Waals surface area (Å²) < 4.78 is 0. The van der Waals surface area contributed by atoms with Crippen molar-refractivity contribution in [3.63, 3.8) is 0 Å². The zero-order valence-corrected chi connectivity index (χ0v) is 15.3. The molecule has 2 aromatic rings. The molecule has 1 N–H and O–H groups in total. The average molecular weight is 377 g/mol. The predicted molar refractivity (Wildman–Crippen MR) is 98.8 cm³/mol. The highest BCUT2D eigenvalue weighted by Crippen LogP contribution is 2.49. The van der Waals surface area contributed by atoms with E-state index in [2.05, 4.69) is 10.3 Å². The lowest BCUT2D eigenvalue weighted by Gasteiger charge is -2.06. The van der Waals surface area contributed by atoms with E-state index in [1.807, 2.05) is 30.5 Å². The van der Waals surface area contributed by atoms with Gasteiger partial charge in [-0.15, -0.1) is 0 Å². The molecule has 1 fully saturated rings. The smallest absolute Gasteiger partial charge is 0.217 e. The third-order valence-electron chi connectivity index (χ3n) is 4.39. The molecule has 0 spiro atoms. The molecule has 130 valence electrons. The molecule has 0 bridgehead atoms. The van der Waals surface area contributed by atoms with Crippen molar-refractivity contribution < 1.29 is 9.59 Å². The van der Waals surface area contributed by atoms with Gasteiger partial charge in [0.2, 0.25) is 5.91 Å². The van der Waals surface area contributed by atoms with Crippen molar-refractivity contribution in [2.24, 2.45) is 5.92 Å². The lowest BCUT2D eigenvalue weighted by atomic mass is 10.1. The van der Waals surface area contributed by atoms with Crippen molar-refractivity contribution in [3.05, 3.63) is 52.1 Å². The number of carbonyl (C=O) groups is 2. The first-order valence-corrected chi connectivity index (χ1v) is 8.87. The van der Waals surface area contributed by atoms with E-state index in [0.29, 0.717) is 28.3 Å². The fourth-order valence-corrected chi connectivity index (χ4v) is 3.35. The number of hydrogen-bond acceptors (Lipinski definition) is 3. The van der Waals surface area contributed by atoms with E-state index in [-0.39, 0.29) is 18.2 Å². The van der Waals surface area contributed by atoms with Crippen molar-refractivity contribution in [2.75, 3.05) is 6.54 Å². The Morgan fingerprint density at radius 1 is 1.24 bits per heavy atom. The van der Waals surface area contributed by atoms with Crippen molar-refractivity contribution in [1.29, 1.82) is 0 Å². The van der Waals surface area contributed by atoms with Gasteiger partial charge in [-0.2, -0.15) is 0 Å². The van der Waals surface area contributed by atoms with Gasteiger partial charge in [0.25, 0.3) is 0 Å². The molecular weight excluding hydrogens is 359 g/mol. The summed E-state index contributed by atoms with van der Waals surface area (Å²) in [6.07, 6.45) is 3.31. The molecule has 0 saturated heterocycles. The van der Waals surface area contributed by atoms with Gasteiger partial charge in [-0.05, 0) is 36.0 Å². The number of benzene rings is 1. The number of hydrogen-bond donors (Lipinski definition) is 1. The summed E-state index contributed by atoms with van der Waals surface area (Å²) in [5.74, 6) is 0.583. The Kier molecular flexibility index (Phi) is 5.40. The molecule has 6 heteroatoms. The van der Waals surface area contributed by atoms with Gasteiger partial charge in [0.1, 0.15) is 0 Å². The lowest BCUT2D eigenvalue weighted by molar-refractivity contribution is -0.124. The first-order chi connectivity index (χ1) is 12.0. The van der Waals surface area contributed by atoms with Crippen LogP contribution < -0.4 is 5.32 Å². The number of Topliss-reactive ketones (excluding diaryl/α,β-unsaturated/α-hetero) is 1. The monoisotopic (exact) mass is 376 g/mol. The normalized spacial score (nSPS) is 18.7. The largest absolute Gasteiger partial charge is 0.349 e. The van der Waals surface area contributed by atoms with Gasteiger partial charge in [-0.25, -0.2) is 0 Å². The van der Waals surface area contributed by atoms with Gasteiger partial charge in [0, 0.05) is 25.1 Å². The quantitative estimate of drug-likeness (QED) is 0.819. The highest BCUT2D eigenvalue weighted by molar-refractivity contribution is 6.43. The molecule has 1 aliphatic rings. The fraction of sp³-hybridized carbons (Fsp3) is 0.316. The Bertz CT molecular complexity index is 806. The van der Waals surface area contributed by atoms with Crippen LogP contribution in [-0.4, -0.2) is 23.2 Å². The minimum absolute atomic E-state index is 0.0676. The highest BCUT2D eigenvalue weighted by atomic mass is 35.5. The van der Waals surface area contributed by atoms with E-state index in [9.17, 15) is 9.59 Å². The maximum atomic E-state index is 11.8. The van der Waals surface area contributed by atoms with Crippen LogP contribution in [0.3, 0.4) is 0 Å². The van der Waals surface area contributed by atoms with E-state index >= 15 is 0 Å². The van der Waals surface area contributed by atoms with Crippen LogP contribution in [0.25, 0.3) is 11.3 Å². The lowest BCUT2D eigenvalue weighted by Crippen LogP contribution is -2.27. The van der Waals surface area contributed by atoms with E-state index < -0.39 is 0 Å². The molecule has 1 saturated carbocycles. The summed E-state index contributed by atoms with van der Waals surface area (Å²) in [6.45, 7) is 1.52. The molecule has 2 atom stereocenters. The van der Waals surface area contributed by atoms with E-state index in [0.717, 1.165) is 23.2 Å². The van der Waals surface area contributed by atoms with Crippen LogP contribution in [0.1, 0.15) is 31.2 Å². The van der Waals surface area contributed by atoms with Crippen LogP contribution >= 0.6 is 23.2 Å². The Labute approximate surface area is 156 Å². The molecule has 1 unspecified atom stereocenters. The van der Waals surface area contributed by atoms with Gasteiger partial charge >= 0.3 is 0 Å². The number of amides is 1. The van der Waals surface area contributed by atoms with Gasteiger partial charge in [0.15, 0.2) is 5.78 Å². The Morgan fingerprint density at radius 3 is 2.72 bits per heavy atom. The van der Waals surface area contributed by atoms with Gasteiger partial charge < -0.3 is 5.32 Å². The summed E-state index contributed by atoms with van der Waals surface area (Å²) >= 11 is 12.3. The van der Waals surface area contributed by atoms with Crippen molar-refractivity contribution >= 4 is 34.9 Å². The molecule has 3 rings (SSSR count). The number of halogens is 2. The second kappa shape index (κ2) is 7.54. The van der Waals surface area contributed by atoms with Crippen LogP contribution in [0.15, 0.2) is 36.5 Å². The molecule has 1 amide bonds. The molecule has 1 aliphatic carbocycles. The SMILES string of the molecule is CC(=O)NCC(=O)CC1C[C@H]1c1ccc(-c2cccc(Cl)c2Cl)nc1. The number of rotatable bonds is 6. The summed E-state index contributed by atoms with van der Waals surface area (Å²) in [5.41, 5.74) is 2.70. The Morgan fingerprint density at radius 2 is 2.04 bits per heavy atom. The summed E-state index contributed by atoms with van der Waals surface area (Å²) in [7, 11) is 0. The van der Waals surface area contributed by atoms with Gasteiger partial charge in [0.05, 0.1) is 22.3 Å². The maximum absolute atomic E-state index is 11.8. The molecule has 0 radical (unpaired) electrons.